The van der Waals surface area contributed by atoms with Gasteiger partial charge >= 0.3 is 0 Å². The van der Waals surface area contributed by atoms with Gasteiger partial charge in [-0.05, 0) is 30.6 Å². The molecule has 106 valence electrons. The first kappa shape index (κ1) is 15.9. The minimum absolute atomic E-state index is 0.0478. The van der Waals surface area contributed by atoms with Crippen LogP contribution in [0.3, 0.4) is 0 Å². The van der Waals surface area contributed by atoms with Gasteiger partial charge in [-0.1, -0.05) is 33.0 Å². The third-order valence-corrected chi connectivity index (χ3v) is 5.78. The van der Waals surface area contributed by atoms with Crippen LogP contribution in [-0.4, -0.2) is 36.6 Å². The monoisotopic (exact) mass is 292 g/mol. The van der Waals surface area contributed by atoms with E-state index in [1.54, 1.807) is 4.31 Å². The Balaban J connectivity index is 2.70. The average molecular weight is 292 g/mol. The Morgan fingerprint density at radius 2 is 1.94 bits per heavy atom. The summed E-state index contributed by atoms with van der Waals surface area (Å²) in [5.74, 6) is 0.366. The molecule has 0 spiro atoms. The number of nitrogens with two attached hydrogens (primary N) is 1. The predicted octanol–water partition coefficient (Wildman–Crippen LogP) is 1.75. The highest BCUT2D eigenvalue weighted by atomic mass is 32.2. The van der Waals surface area contributed by atoms with Crippen molar-refractivity contribution in [2.24, 2.45) is 17.1 Å². The van der Waals surface area contributed by atoms with Crippen LogP contribution < -0.4 is 5.73 Å². The molecule has 4 nitrogen and oxygen atoms in total. The summed E-state index contributed by atoms with van der Waals surface area (Å²) in [6.45, 7) is 7.84. The van der Waals surface area contributed by atoms with Gasteiger partial charge in [-0.2, -0.15) is 0 Å². The van der Waals surface area contributed by atoms with Gasteiger partial charge in [0.25, 0.3) is 0 Å². The number of thiocarbonyl (C=S) groups is 1. The van der Waals surface area contributed by atoms with Crippen molar-refractivity contribution in [2.45, 2.75) is 40.0 Å². The molecular weight excluding hydrogens is 268 g/mol. The first-order valence-corrected chi connectivity index (χ1v) is 8.41. The van der Waals surface area contributed by atoms with E-state index in [2.05, 4.69) is 20.8 Å². The Morgan fingerprint density at radius 1 is 1.33 bits per heavy atom. The van der Waals surface area contributed by atoms with E-state index in [0.717, 1.165) is 19.3 Å². The maximum absolute atomic E-state index is 12.1. The molecule has 0 aromatic rings. The third kappa shape index (κ3) is 4.48. The lowest BCUT2D eigenvalue weighted by molar-refractivity contribution is 0.217. The summed E-state index contributed by atoms with van der Waals surface area (Å²) < 4.78 is 25.7. The van der Waals surface area contributed by atoms with Crippen LogP contribution >= 0.6 is 12.2 Å². The van der Waals surface area contributed by atoms with E-state index in [1.807, 2.05) is 0 Å². The average Bonchev–Trinajstić information content (AvgIpc) is 2.39. The van der Waals surface area contributed by atoms with E-state index in [-0.39, 0.29) is 16.2 Å². The lowest BCUT2D eigenvalue weighted by Crippen LogP contribution is -2.37. The summed E-state index contributed by atoms with van der Waals surface area (Å²) >= 11 is 4.70. The molecule has 0 aromatic heterocycles. The van der Waals surface area contributed by atoms with Crippen molar-refractivity contribution in [3.8, 4) is 0 Å². The number of hydrogen-bond acceptors (Lipinski definition) is 3. The van der Waals surface area contributed by atoms with E-state index in [0.29, 0.717) is 19.0 Å². The fourth-order valence-electron chi connectivity index (χ4n) is 2.49. The quantitative estimate of drug-likeness (QED) is 0.805. The van der Waals surface area contributed by atoms with Crippen molar-refractivity contribution in [1.29, 1.82) is 0 Å². The smallest absolute Gasteiger partial charge is 0.220 e. The van der Waals surface area contributed by atoms with Crippen molar-refractivity contribution >= 4 is 27.2 Å². The molecular formula is C12H24N2O2S2. The van der Waals surface area contributed by atoms with Crippen LogP contribution in [0.5, 0.6) is 0 Å². The summed E-state index contributed by atoms with van der Waals surface area (Å²) in [5.41, 5.74) is 5.59. The van der Waals surface area contributed by atoms with Gasteiger partial charge in [0.2, 0.25) is 10.0 Å². The molecule has 1 unspecified atom stereocenters. The first-order valence-electron chi connectivity index (χ1n) is 6.39. The lowest BCUT2D eigenvalue weighted by Gasteiger charge is -2.29. The molecule has 1 rings (SSSR count). The number of nitrogens with zero attached hydrogens (tertiary/aromatic N) is 1. The van der Waals surface area contributed by atoms with Gasteiger partial charge in [0, 0.05) is 13.1 Å². The van der Waals surface area contributed by atoms with Gasteiger partial charge in [-0.3, -0.25) is 0 Å². The van der Waals surface area contributed by atoms with Gasteiger partial charge in [-0.25, -0.2) is 12.7 Å². The molecule has 18 heavy (non-hydrogen) atoms. The molecule has 0 saturated carbocycles. The summed E-state index contributed by atoms with van der Waals surface area (Å²) in [6, 6.07) is 0. The third-order valence-electron chi connectivity index (χ3n) is 3.63. The molecule has 1 heterocycles. The van der Waals surface area contributed by atoms with E-state index >= 15 is 0 Å². The molecule has 0 radical (unpaired) electrons. The van der Waals surface area contributed by atoms with E-state index in [4.69, 9.17) is 18.0 Å². The Hall–Kier alpha value is -0.200. The molecule has 0 aromatic carbocycles. The molecule has 1 fully saturated rings. The second kappa shape index (κ2) is 5.84. The molecule has 1 saturated heterocycles. The van der Waals surface area contributed by atoms with Crippen molar-refractivity contribution < 1.29 is 8.42 Å². The minimum atomic E-state index is -3.31. The van der Waals surface area contributed by atoms with Gasteiger partial charge < -0.3 is 5.73 Å². The molecule has 2 N–H and O–H groups in total. The second-order valence-corrected chi connectivity index (χ2v) is 8.61. The highest BCUT2D eigenvalue weighted by Gasteiger charge is 2.31. The number of rotatable bonds is 3. The number of sulfonamides is 1. The van der Waals surface area contributed by atoms with Crippen LogP contribution in [0.15, 0.2) is 0 Å². The summed E-state index contributed by atoms with van der Waals surface area (Å²) in [7, 11) is -3.31. The van der Waals surface area contributed by atoms with Crippen LogP contribution in [0.2, 0.25) is 0 Å². The normalized spacial score (nSPS) is 23.6. The molecule has 1 aliphatic rings. The van der Waals surface area contributed by atoms with E-state index < -0.39 is 10.0 Å². The molecule has 6 heteroatoms. The van der Waals surface area contributed by atoms with Gasteiger partial charge in [0.1, 0.15) is 5.75 Å². The van der Waals surface area contributed by atoms with Crippen LogP contribution in [0.25, 0.3) is 0 Å². The van der Waals surface area contributed by atoms with Gasteiger partial charge in [0.05, 0.1) is 4.99 Å². The lowest BCUT2D eigenvalue weighted by atomic mass is 9.77. The zero-order valence-electron chi connectivity index (χ0n) is 11.5. The Labute approximate surface area is 116 Å². The van der Waals surface area contributed by atoms with Gasteiger partial charge in [-0.15, -0.1) is 0 Å². The molecule has 1 aliphatic heterocycles. The fourth-order valence-corrected chi connectivity index (χ4v) is 4.27. The highest BCUT2D eigenvalue weighted by molar-refractivity contribution is 7.92. The topological polar surface area (TPSA) is 63.4 Å². The summed E-state index contributed by atoms with van der Waals surface area (Å²) in [5, 5.41) is 0. The van der Waals surface area contributed by atoms with Crippen LogP contribution in [0.4, 0.5) is 0 Å². The molecule has 0 amide bonds. The van der Waals surface area contributed by atoms with Crippen molar-refractivity contribution in [3.05, 3.63) is 0 Å². The van der Waals surface area contributed by atoms with Crippen LogP contribution in [0.1, 0.15) is 40.0 Å². The van der Waals surface area contributed by atoms with Crippen LogP contribution in [-0.2, 0) is 10.0 Å². The van der Waals surface area contributed by atoms with Crippen molar-refractivity contribution in [1.82, 2.24) is 4.31 Å². The summed E-state index contributed by atoms with van der Waals surface area (Å²) in [4.78, 5) is 0.0478. The maximum Gasteiger partial charge on any atom is 0.220 e. The minimum Gasteiger partial charge on any atom is -0.392 e. The van der Waals surface area contributed by atoms with E-state index in [1.165, 1.54) is 0 Å². The maximum atomic E-state index is 12.1. The number of hydrogen-bond donors (Lipinski definition) is 1. The van der Waals surface area contributed by atoms with Crippen molar-refractivity contribution in [3.63, 3.8) is 0 Å². The van der Waals surface area contributed by atoms with Crippen LogP contribution in [0, 0.1) is 11.3 Å². The fraction of sp³-hybridized carbons (Fsp3) is 0.917. The molecule has 1 atom stereocenters. The Bertz CT molecular complexity index is 399. The van der Waals surface area contributed by atoms with Gasteiger partial charge in [0.15, 0.2) is 0 Å². The second-order valence-electron chi connectivity index (χ2n) is 6.12. The summed E-state index contributed by atoms with van der Waals surface area (Å²) in [6.07, 6.45) is 2.92. The zero-order chi connectivity index (χ0) is 14.0. The Morgan fingerprint density at radius 3 is 2.44 bits per heavy atom. The molecule has 0 bridgehead atoms. The molecule has 0 aliphatic carbocycles. The first-order chi connectivity index (χ1) is 8.13. The van der Waals surface area contributed by atoms with Crippen molar-refractivity contribution in [2.75, 3.05) is 18.8 Å². The largest absolute Gasteiger partial charge is 0.392 e. The predicted molar refractivity (Wildman–Crippen MR) is 78.9 cm³/mol. The van der Waals surface area contributed by atoms with E-state index in [9.17, 15) is 8.42 Å². The standard InChI is InChI=1S/C12H24N2O2S2/c1-12(2,3)10-5-4-7-14(8-6-10)18(15,16)9-11(13)17/h10H,4-9H2,1-3H3,(H2,13,17). The SMILES string of the molecule is CC(C)(C)C1CCCN(S(=O)(=O)CC(N)=S)CC1. The highest BCUT2D eigenvalue weighted by Crippen LogP contribution is 2.34. The Kier molecular flexibility index (Phi) is 5.14. The zero-order valence-corrected chi connectivity index (χ0v) is 13.1.